The predicted octanol–water partition coefficient (Wildman–Crippen LogP) is 4.17. The van der Waals surface area contributed by atoms with Crippen molar-refractivity contribution < 1.29 is 14.1 Å². The van der Waals surface area contributed by atoms with Crippen LogP contribution in [0.1, 0.15) is 5.56 Å². The Bertz CT molecular complexity index is 599. The Morgan fingerprint density at radius 1 is 1.00 bits per heavy atom. The van der Waals surface area contributed by atoms with Gasteiger partial charge in [-0.25, -0.2) is 4.79 Å². The first kappa shape index (κ1) is 13.9. The van der Waals surface area contributed by atoms with E-state index in [2.05, 4.69) is 0 Å². The summed E-state index contributed by atoms with van der Waals surface area (Å²) in [6, 6.07) is 17.4. The molecule has 0 N–H and O–H groups in total. The molecule has 0 amide bonds. The predicted molar refractivity (Wildman–Crippen MR) is 76.2 cm³/mol. The molecule has 0 heterocycles. The molecule has 19 heavy (non-hydrogen) atoms. The zero-order valence-electron chi connectivity index (χ0n) is 10.0. The average Bonchev–Trinajstić information content (AvgIpc) is 2.46. The van der Waals surface area contributed by atoms with Crippen molar-refractivity contribution in [2.45, 2.75) is 6.61 Å². The summed E-state index contributed by atoms with van der Waals surface area (Å²) >= 11 is 5.86. The van der Waals surface area contributed by atoms with Gasteiger partial charge >= 0.3 is 12.2 Å². The van der Waals surface area contributed by atoms with E-state index in [0.29, 0.717) is 0 Å². The van der Waals surface area contributed by atoms with Crippen molar-refractivity contribution in [3.63, 3.8) is 0 Å². The van der Waals surface area contributed by atoms with Gasteiger partial charge in [0.2, 0.25) is 0 Å². The molecule has 0 saturated heterocycles. The fraction of sp³-hybridized carbons (Fsp3) is 0.0714. The van der Waals surface area contributed by atoms with E-state index < -0.39 is 12.2 Å². The van der Waals surface area contributed by atoms with Gasteiger partial charge in [0.25, 0.3) is 0 Å². The number of hydrogen-bond donors (Lipinski definition) is 0. The van der Waals surface area contributed by atoms with Gasteiger partial charge in [-0.05, 0) is 28.9 Å². The lowest BCUT2D eigenvalue weighted by Crippen LogP contribution is -2.10. The highest BCUT2D eigenvalue weighted by Crippen LogP contribution is 2.51. The maximum Gasteiger partial charge on any atom is 0.384 e. The van der Waals surface area contributed by atoms with Gasteiger partial charge in [-0.2, -0.15) is 0 Å². The smallest absolute Gasteiger partial charge is 0.384 e. The van der Waals surface area contributed by atoms with Crippen LogP contribution >= 0.6 is 17.7 Å². The molecule has 0 aliphatic heterocycles. The lowest BCUT2D eigenvalue weighted by atomic mass is 10.2. The standard InChI is InChI=1S/C14H12ClO3P/c15-19(17,13-9-5-2-6-10-13)14(16)18-11-12-7-3-1-4-8-12/h1-10H,11H2. The topological polar surface area (TPSA) is 43.4 Å². The summed E-state index contributed by atoms with van der Waals surface area (Å²) in [6.07, 6.45) is 0. The van der Waals surface area contributed by atoms with Crippen molar-refractivity contribution in [2.75, 3.05) is 0 Å². The van der Waals surface area contributed by atoms with Crippen LogP contribution in [0.4, 0.5) is 4.79 Å². The second-order valence-corrected chi connectivity index (χ2v) is 7.28. The lowest BCUT2D eigenvalue weighted by Gasteiger charge is -2.10. The third-order valence-corrected chi connectivity index (χ3v) is 5.09. The van der Waals surface area contributed by atoms with Crippen LogP contribution in [0.15, 0.2) is 60.7 Å². The Kier molecular flexibility index (Phi) is 4.41. The molecule has 1 atom stereocenters. The fourth-order valence-corrected chi connectivity index (χ4v) is 3.01. The van der Waals surface area contributed by atoms with Gasteiger partial charge in [-0.3, -0.25) is 4.57 Å². The molecule has 5 heteroatoms. The summed E-state index contributed by atoms with van der Waals surface area (Å²) in [5.41, 5.74) is -0.0650. The quantitative estimate of drug-likeness (QED) is 0.795. The summed E-state index contributed by atoms with van der Waals surface area (Å²) in [4.78, 5) is 11.8. The Morgan fingerprint density at radius 2 is 1.53 bits per heavy atom. The van der Waals surface area contributed by atoms with Gasteiger partial charge in [0, 0.05) is 5.30 Å². The Morgan fingerprint density at radius 3 is 2.11 bits per heavy atom. The first-order chi connectivity index (χ1) is 9.10. The number of halogens is 1. The van der Waals surface area contributed by atoms with Gasteiger partial charge in [0.1, 0.15) is 6.61 Å². The SMILES string of the molecule is O=C(OCc1ccccc1)P(=O)(Cl)c1ccccc1. The Labute approximate surface area is 116 Å². The molecule has 0 spiro atoms. The van der Waals surface area contributed by atoms with Crippen LogP contribution in [0.3, 0.4) is 0 Å². The molecule has 1 unspecified atom stereocenters. The van der Waals surface area contributed by atoms with E-state index in [-0.39, 0.29) is 11.9 Å². The van der Waals surface area contributed by atoms with Crippen LogP contribution < -0.4 is 5.30 Å². The Hall–Kier alpha value is -1.57. The normalized spacial score (nSPS) is 13.5. The molecule has 0 aliphatic carbocycles. The molecule has 0 aliphatic rings. The molecule has 98 valence electrons. The van der Waals surface area contributed by atoms with Crippen molar-refractivity contribution >= 4 is 28.8 Å². The molecule has 2 rings (SSSR count). The van der Waals surface area contributed by atoms with Crippen molar-refractivity contribution in [1.82, 2.24) is 0 Å². The largest absolute Gasteiger partial charge is 0.454 e. The highest BCUT2D eigenvalue weighted by Gasteiger charge is 2.33. The van der Waals surface area contributed by atoms with E-state index in [9.17, 15) is 9.36 Å². The summed E-state index contributed by atoms with van der Waals surface area (Å²) in [5, 5.41) is 0.287. The molecular formula is C14H12ClO3P. The van der Waals surface area contributed by atoms with Gasteiger partial charge in [-0.15, -0.1) is 0 Å². The highest BCUT2D eigenvalue weighted by atomic mass is 35.7. The molecule has 2 aromatic carbocycles. The van der Waals surface area contributed by atoms with E-state index >= 15 is 0 Å². The van der Waals surface area contributed by atoms with Gasteiger partial charge < -0.3 is 4.74 Å². The maximum absolute atomic E-state index is 12.2. The molecule has 0 radical (unpaired) electrons. The van der Waals surface area contributed by atoms with E-state index in [1.807, 2.05) is 30.3 Å². The van der Waals surface area contributed by atoms with Crippen LogP contribution in [-0.2, 0) is 15.9 Å². The Balaban J connectivity index is 2.06. The van der Waals surface area contributed by atoms with Gasteiger partial charge in [-0.1, -0.05) is 48.5 Å². The molecule has 2 aromatic rings. The zero-order chi connectivity index (χ0) is 13.7. The van der Waals surface area contributed by atoms with Crippen molar-refractivity contribution in [1.29, 1.82) is 0 Å². The van der Waals surface area contributed by atoms with Gasteiger partial charge in [0.05, 0.1) is 0 Å². The minimum absolute atomic E-state index is 0.0587. The first-order valence-corrected chi connectivity index (χ1v) is 8.28. The average molecular weight is 295 g/mol. The first-order valence-electron chi connectivity index (χ1n) is 5.67. The van der Waals surface area contributed by atoms with Crippen LogP contribution in [0.2, 0.25) is 0 Å². The third-order valence-electron chi connectivity index (χ3n) is 2.53. The summed E-state index contributed by atoms with van der Waals surface area (Å²) in [7, 11) is 0. The van der Waals surface area contributed by atoms with Gasteiger partial charge in [0.15, 0.2) is 0 Å². The highest BCUT2D eigenvalue weighted by molar-refractivity contribution is 8.06. The van der Waals surface area contributed by atoms with Crippen LogP contribution in [0.25, 0.3) is 0 Å². The van der Waals surface area contributed by atoms with Crippen LogP contribution in [-0.4, -0.2) is 5.71 Å². The maximum atomic E-state index is 12.2. The summed E-state index contributed by atoms with van der Waals surface area (Å²) in [5.74, 6) is 0. The van der Waals surface area contributed by atoms with E-state index in [1.54, 1.807) is 30.3 Å². The third kappa shape index (κ3) is 3.46. The van der Waals surface area contributed by atoms with E-state index in [0.717, 1.165) is 5.56 Å². The monoisotopic (exact) mass is 294 g/mol. The number of carbonyl (C=O) groups excluding carboxylic acids is 1. The second kappa shape index (κ2) is 6.05. The van der Waals surface area contributed by atoms with Crippen LogP contribution in [0, 0.1) is 0 Å². The number of hydrogen-bond acceptors (Lipinski definition) is 3. The molecule has 0 bridgehead atoms. The lowest BCUT2D eigenvalue weighted by molar-refractivity contribution is 0.166. The number of rotatable bonds is 4. The molecule has 0 aromatic heterocycles. The van der Waals surface area contributed by atoms with Crippen LogP contribution in [0.5, 0.6) is 0 Å². The summed E-state index contributed by atoms with van der Waals surface area (Å²) in [6.45, 7) is -3.60. The number of ether oxygens (including phenoxy) is 1. The minimum atomic E-state index is -3.66. The van der Waals surface area contributed by atoms with E-state index in [1.165, 1.54) is 0 Å². The van der Waals surface area contributed by atoms with Crippen molar-refractivity contribution in [3.8, 4) is 0 Å². The summed E-state index contributed by atoms with van der Waals surface area (Å²) < 4.78 is 17.2. The molecule has 0 fully saturated rings. The fourth-order valence-electron chi connectivity index (χ4n) is 1.53. The zero-order valence-corrected chi connectivity index (χ0v) is 11.7. The molecular weight excluding hydrogens is 283 g/mol. The minimum Gasteiger partial charge on any atom is -0.454 e. The number of carbonyl (C=O) groups is 1. The van der Waals surface area contributed by atoms with E-state index in [4.69, 9.17) is 16.0 Å². The molecule has 0 saturated carbocycles. The molecule has 3 nitrogen and oxygen atoms in total. The van der Waals surface area contributed by atoms with Crippen molar-refractivity contribution in [2.24, 2.45) is 0 Å². The van der Waals surface area contributed by atoms with Crippen molar-refractivity contribution in [3.05, 3.63) is 66.2 Å². The second-order valence-electron chi connectivity index (χ2n) is 3.91. The number of benzene rings is 2.